The maximum Gasteiger partial charge on any atom is 0.332 e. The lowest BCUT2D eigenvalue weighted by Gasteiger charge is -2.15. The molecule has 0 radical (unpaired) electrons. The SMILES string of the molecule is Cn1c(Nc2c3ccccc3nc3ccccc23)cc(=O)n(C)c1=O. The van der Waals surface area contributed by atoms with Gasteiger partial charge in [0.25, 0.3) is 5.56 Å². The lowest BCUT2D eigenvalue weighted by Crippen LogP contribution is -2.37. The zero-order valence-corrected chi connectivity index (χ0v) is 13.9. The minimum Gasteiger partial charge on any atom is -0.340 e. The fraction of sp³-hybridized carbons (Fsp3) is 0.105. The quantitative estimate of drug-likeness (QED) is 0.573. The maximum absolute atomic E-state index is 12.2. The Labute approximate surface area is 143 Å². The Morgan fingerprint density at radius 3 is 2.00 bits per heavy atom. The van der Waals surface area contributed by atoms with Crippen molar-refractivity contribution >= 4 is 33.3 Å². The van der Waals surface area contributed by atoms with Crippen molar-refractivity contribution in [1.82, 2.24) is 14.1 Å². The highest BCUT2D eigenvalue weighted by atomic mass is 16.2. The number of anilines is 2. The van der Waals surface area contributed by atoms with Gasteiger partial charge in [-0.25, -0.2) is 9.78 Å². The Kier molecular flexibility index (Phi) is 3.39. The zero-order chi connectivity index (χ0) is 17.6. The highest BCUT2D eigenvalue weighted by Gasteiger charge is 2.12. The Morgan fingerprint density at radius 1 is 0.840 bits per heavy atom. The van der Waals surface area contributed by atoms with Gasteiger partial charge in [-0.3, -0.25) is 13.9 Å². The number of pyridine rings is 1. The normalized spacial score (nSPS) is 11.1. The smallest absolute Gasteiger partial charge is 0.332 e. The third-order valence-electron chi connectivity index (χ3n) is 4.37. The number of para-hydroxylation sites is 2. The van der Waals surface area contributed by atoms with Gasteiger partial charge in [0.05, 0.1) is 16.7 Å². The third-order valence-corrected chi connectivity index (χ3v) is 4.37. The molecule has 0 atom stereocenters. The van der Waals surface area contributed by atoms with Crippen molar-refractivity contribution in [3.05, 3.63) is 75.4 Å². The van der Waals surface area contributed by atoms with Gasteiger partial charge in [0.15, 0.2) is 0 Å². The summed E-state index contributed by atoms with van der Waals surface area (Å²) < 4.78 is 2.50. The molecule has 1 N–H and O–H groups in total. The minimum atomic E-state index is -0.377. The summed E-state index contributed by atoms with van der Waals surface area (Å²) in [7, 11) is 3.10. The van der Waals surface area contributed by atoms with Gasteiger partial charge >= 0.3 is 5.69 Å². The molecule has 0 amide bonds. The van der Waals surface area contributed by atoms with Gasteiger partial charge in [-0.05, 0) is 12.1 Å². The summed E-state index contributed by atoms with van der Waals surface area (Å²) in [6.45, 7) is 0. The second-order valence-electron chi connectivity index (χ2n) is 5.91. The molecule has 0 unspecified atom stereocenters. The zero-order valence-electron chi connectivity index (χ0n) is 13.9. The van der Waals surface area contributed by atoms with E-state index in [-0.39, 0.29) is 11.2 Å². The fourth-order valence-electron chi connectivity index (χ4n) is 2.96. The first kappa shape index (κ1) is 15.1. The van der Waals surface area contributed by atoms with Crippen LogP contribution in [0, 0.1) is 0 Å². The first-order valence-corrected chi connectivity index (χ1v) is 7.88. The predicted octanol–water partition coefficient (Wildman–Crippen LogP) is 2.53. The van der Waals surface area contributed by atoms with Gasteiger partial charge in [-0.1, -0.05) is 36.4 Å². The lowest BCUT2D eigenvalue weighted by molar-refractivity contribution is 0.693. The van der Waals surface area contributed by atoms with Gasteiger partial charge < -0.3 is 5.32 Å². The summed E-state index contributed by atoms with van der Waals surface area (Å²) in [5.74, 6) is 0.439. The van der Waals surface area contributed by atoms with Crippen molar-refractivity contribution in [3.63, 3.8) is 0 Å². The van der Waals surface area contributed by atoms with Crippen molar-refractivity contribution in [2.24, 2.45) is 14.1 Å². The molecule has 0 saturated carbocycles. The molecule has 0 aliphatic carbocycles. The second kappa shape index (κ2) is 5.59. The summed E-state index contributed by atoms with van der Waals surface area (Å²) in [4.78, 5) is 28.9. The van der Waals surface area contributed by atoms with Crippen molar-refractivity contribution in [3.8, 4) is 0 Å². The van der Waals surface area contributed by atoms with E-state index in [1.807, 2.05) is 48.5 Å². The Hall–Kier alpha value is -3.41. The molecule has 6 heteroatoms. The molecule has 2 aromatic carbocycles. The third kappa shape index (κ3) is 2.39. The van der Waals surface area contributed by atoms with Crippen molar-refractivity contribution in [1.29, 1.82) is 0 Å². The highest BCUT2D eigenvalue weighted by Crippen LogP contribution is 2.32. The summed E-state index contributed by atoms with van der Waals surface area (Å²) in [5.41, 5.74) is 1.78. The number of aromatic nitrogens is 3. The van der Waals surface area contributed by atoms with E-state index in [4.69, 9.17) is 0 Å². The molecule has 0 aliphatic heterocycles. The van der Waals surface area contributed by atoms with Crippen LogP contribution in [0.4, 0.5) is 11.5 Å². The van der Waals surface area contributed by atoms with E-state index in [1.54, 1.807) is 7.05 Å². The van der Waals surface area contributed by atoms with Gasteiger partial charge in [-0.2, -0.15) is 0 Å². The maximum atomic E-state index is 12.2. The van der Waals surface area contributed by atoms with E-state index in [0.717, 1.165) is 32.1 Å². The van der Waals surface area contributed by atoms with Crippen LogP contribution in [-0.2, 0) is 14.1 Å². The number of hydrogen-bond acceptors (Lipinski definition) is 4. The minimum absolute atomic E-state index is 0.353. The van der Waals surface area contributed by atoms with Gasteiger partial charge in [0.1, 0.15) is 5.82 Å². The van der Waals surface area contributed by atoms with Gasteiger partial charge in [0, 0.05) is 30.9 Å². The molecule has 4 rings (SSSR count). The van der Waals surface area contributed by atoms with Crippen molar-refractivity contribution < 1.29 is 0 Å². The lowest BCUT2D eigenvalue weighted by atomic mass is 10.1. The molecule has 0 fully saturated rings. The molecule has 0 saturated heterocycles. The van der Waals surface area contributed by atoms with E-state index >= 15 is 0 Å². The number of fused-ring (bicyclic) bond motifs is 2. The molecule has 25 heavy (non-hydrogen) atoms. The van der Waals surface area contributed by atoms with Crippen LogP contribution in [0.5, 0.6) is 0 Å². The van der Waals surface area contributed by atoms with Crippen molar-refractivity contribution in [2.45, 2.75) is 0 Å². The van der Waals surface area contributed by atoms with Crippen LogP contribution in [0.15, 0.2) is 64.2 Å². The topological polar surface area (TPSA) is 68.9 Å². The van der Waals surface area contributed by atoms with Crippen LogP contribution in [0.3, 0.4) is 0 Å². The summed E-state index contributed by atoms with van der Waals surface area (Å²) in [6.07, 6.45) is 0. The average molecular weight is 332 g/mol. The molecule has 0 aliphatic rings. The number of rotatable bonds is 2. The number of benzene rings is 2. The molecule has 124 valence electrons. The van der Waals surface area contributed by atoms with E-state index in [9.17, 15) is 9.59 Å². The summed E-state index contributed by atoms with van der Waals surface area (Å²) in [5, 5.41) is 5.13. The standard InChI is InChI=1S/C19H16N4O2/c1-22-16(11-17(24)23(2)19(22)25)21-18-12-7-3-5-9-14(12)20-15-10-6-4-8-13(15)18/h3-11H,1-2H3,(H,20,21). The predicted molar refractivity (Wildman–Crippen MR) is 99.5 cm³/mol. The molecule has 0 bridgehead atoms. The first-order chi connectivity index (χ1) is 12.1. The molecule has 2 aromatic heterocycles. The van der Waals surface area contributed by atoms with Gasteiger partial charge in [-0.15, -0.1) is 0 Å². The molecular formula is C19H16N4O2. The van der Waals surface area contributed by atoms with Crippen LogP contribution in [-0.4, -0.2) is 14.1 Å². The van der Waals surface area contributed by atoms with Crippen LogP contribution in [0.25, 0.3) is 21.8 Å². The first-order valence-electron chi connectivity index (χ1n) is 7.88. The molecule has 2 heterocycles. The molecule has 6 nitrogen and oxygen atoms in total. The molecule has 0 spiro atoms. The van der Waals surface area contributed by atoms with Gasteiger partial charge in [0.2, 0.25) is 0 Å². The van der Waals surface area contributed by atoms with E-state index in [2.05, 4.69) is 10.3 Å². The van der Waals surface area contributed by atoms with Crippen LogP contribution in [0.1, 0.15) is 0 Å². The Bertz CT molecular complexity index is 1180. The Morgan fingerprint density at radius 2 is 1.40 bits per heavy atom. The fourth-order valence-corrected chi connectivity index (χ4v) is 2.96. The van der Waals surface area contributed by atoms with Crippen LogP contribution in [0.2, 0.25) is 0 Å². The second-order valence-corrected chi connectivity index (χ2v) is 5.91. The monoisotopic (exact) mass is 332 g/mol. The molecular weight excluding hydrogens is 316 g/mol. The summed E-state index contributed by atoms with van der Waals surface area (Å²) >= 11 is 0. The van der Waals surface area contributed by atoms with E-state index in [0.29, 0.717) is 5.82 Å². The molecule has 4 aromatic rings. The van der Waals surface area contributed by atoms with Crippen LogP contribution < -0.4 is 16.6 Å². The van der Waals surface area contributed by atoms with Crippen molar-refractivity contribution in [2.75, 3.05) is 5.32 Å². The van der Waals surface area contributed by atoms with E-state index < -0.39 is 0 Å². The number of nitrogens with zero attached hydrogens (tertiary/aromatic N) is 3. The van der Waals surface area contributed by atoms with Crippen LogP contribution >= 0.6 is 0 Å². The number of nitrogens with one attached hydrogen (secondary N) is 1. The highest BCUT2D eigenvalue weighted by molar-refractivity contribution is 6.08. The van der Waals surface area contributed by atoms with E-state index in [1.165, 1.54) is 17.7 Å². The summed E-state index contributed by atoms with van der Waals surface area (Å²) in [6, 6.07) is 17.0. The number of hydrogen-bond donors (Lipinski definition) is 1. The largest absolute Gasteiger partial charge is 0.340 e. The average Bonchev–Trinajstić information content (AvgIpc) is 2.64. The Balaban J connectivity index is 2.04.